The predicted molar refractivity (Wildman–Crippen MR) is 169 cm³/mol. The number of hydrogen-bond acceptors (Lipinski definition) is 7. The van der Waals surface area contributed by atoms with Crippen LogP contribution in [0.5, 0.6) is 5.75 Å². The number of aromatic nitrogens is 2. The summed E-state index contributed by atoms with van der Waals surface area (Å²) in [6.45, 7) is 11.7. The fourth-order valence-electron chi connectivity index (χ4n) is 7.69. The lowest BCUT2D eigenvalue weighted by Gasteiger charge is -2.56. The minimum atomic E-state index is -0.555. The van der Waals surface area contributed by atoms with Crippen molar-refractivity contribution in [3.8, 4) is 28.3 Å². The van der Waals surface area contributed by atoms with Crippen LogP contribution in [0.2, 0.25) is 0 Å². The molecule has 45 heavy (non-hydrogen) atoms. The van der Waals surface area contributed by atoms with Crippen LogP contribution >= 0.6 is 0 Å². The second kappa shape index (κ2) is 10.3. The van der Waals surface area contributed by atoms with E-state index in [0.717, 1.165) is 104 Å². The van der Waals surface area contributed by atoms with Gasteiger partial charge in [0, 0.05) is 55.7 Å². The molecular weight excluding hydrogens is 570 g/mol. The monoisotopic (exact) mass is 611 g/mol. The number of aromatic amines is 1. The molecule has 1 aromatic carbocycles. The van der Waals surface area contributed by atoms with Crippen molar-refractivity contribution in [1.82, 2.24) is 25.1 Å². The van der Waals surface area contributed by atoms with Gasteiger partial charge in [0.25, 0.3) is 5.91 Å². The Bertz CT molecular complexity index is 1660. The Labute approximate surface area is 263 Å². The normalized spacial score (nSPS) is 21.0. The van der Waals surface area contributed by atoms with Gasteiger partial charge in [-0.2, -0.15) is 0 Å². The molecule has 5 heterocycles. The van der Waals surface area contributed by atoms with Crippen LogP contribution in [0.4, 0.5) is 4.79 Å². The summed E-state index contributed by atoms with van der Waals surface area (Å²) in [6, 6.07) is 10.3. The molecule has 3 fully saturated rings. The van der Waals surface area contributed by atoms with Crippen molar-refractivity contribution in [3.63, 3.8) is 0 Å². The highest BCUT2D eigenvalue weighted by molar-refractivity contribution is 6.03. The lowest BCUT2D eigenvalue weighted by atomic mass is 9.65. The first-order chi connectivity index (χ1) is 21.6. The zero-order chi connectivity index (χ0) is 31.0. The number of likely N-dealkylation sites (tertiary alicyclic amines) is 1. The Hall–Kier alpha value is -3.89. The molecule has 1 saturated carbocycles. The Kier molecular flexibility index (Phi) is 6.55. The third-order valence-electron chi connectivity index (χ3n) is 10.2. The summed E-state index contributed by atoms with van der Waals surface area (Å²) >= 11 is 0. The summed E-state index contributed by atoms with van der Waals surface area (Å²) in [5.41, 5.74) is 6.81. The molecule has 8 rings (SSSR count). The number of amides is 2. The number of nitrogens with one attached hydrogen (secondary N) is 2. The number of hydrogen-bond donors (Lipinski definition) is 2. The van der Waals surface area contributed by atoms with Gasteiger partial charge < -0.3 is 29.4 Å². The third-order valence-corrected chi connectivity index (χ3v) is 10.2. The second-order valence-corrected chi connectivity index (χ2v) is 14.2. The molecular formula is C35H41N5O5. The molecule has 10 nitrogen and oxygen atoms in total. The van der Waals surface area contributed by atoms with Crippen molar-refractivity contribution in [2.75, 3.05) is 52.5 Å². The number of ether oxygens (including phenoxy) is 3. The number of H-pyrrole nitrogens is 1. The first kappa shape index (κ1) is 28.6. The maximum Gasteiger partial charge on any atom is 0.410 e. The minimum absolute atomic E-state index is 0.00304. The number of carbonyl (C=O) groups excluding carboxylic acids is 2. The van der Waals surface area contributed by atoms with Crippen LogP contribution in [0.3, 0.4) is 0 Å². The zero-order valence-electron chi connectivity index (χ0n) is 26.3. The molecule has 0 bridgehead atoms. The van der Waals surface area contributed by atoms with E-state index in [1.807, 2.05) is 39.1 Å². The molecule has 5 aliphatic rings. The van der Waals surface area contributed by atoms with Crippen LogP contribution in [0.1, 0.15) is 60.8 Å². The van der Waals surface area contributed by atoms with E-state index < -0.39 is 5.60 Å². The van der Waals surface area contributed by atoms with Gasteiger partial charge in [-0.3, -0.25) is 14.7 Å². The van der Waals surface area contributed by atoms with E-state index in [1.165, 1.54) is 5.56 Å². The number of pyridine rings is 1. The molecule has 2 N–H and O–H groups in total. The van der Waals surface area contributed by atoms with Gasteiger partial charge in [-0.05, 0) is 87.9 Å². The molecule has 10 heteroatoms. The molecule has 3 aromatic rings. The van der Waals surface area contributed by atoms with Crippen molar-refractivity contribution in [3.05, 3.63) is 58.9 Å². The van der Waals surface area contributed by atoms with E-state index in [1.54, 1.807) is 4.90 Å². The number of morpholine rings is 1. The molecule has 2 aliphatic carbocycles. The fourth-order valence-corrected chi connectivity index (χ4v) is 7.69. The minimum Gasteiger partial charge on any atom is -0.492 e. The average molecular weight is 612 g/mol. The van der Waals surface area contributed by atoms with E-state index in [0.29, 0.717) is 19.7 Å². The number of fused-ring (bicyclic) bond motifs is 7. The van der Waals surface area contributed by atoms with E-state index in [2.05, 4.69) is 33.4 Å². The lowest BCUT2D eigenvalue weighted by molar-refractivity contribution is -0.0240. The number of carbonyl (C=O) groups is 2. The van der Waals surface area contributed by atoms with Crippen molar-refractivity contribution >= 4 is 12.0 Å². The molecule has 0 radical (unpaired) electrons. The first-order valence-corrected chi connectivity index (χ1v) is 16.2. The smallest absolute Gasteiger partial charge is 0.410 e. The predicted octanol–water partition coefficient (Wildman–Crippen LogP) is 4.32. The van der Waals surface area contributed by atoms with Gasteiger partial charge in [0.05, 0.1) is 41.1 Å². The molecule has 236 valence electrons. The summed E-state index contributed by atoms with van der Waals surface area (Å²) in [6.07, 6.45) is 5.12. The van der Waals surface area contributed by atoms with Crippen molar-refractivity contribution in [2.45, 2.75) is 63.0 Å². The fraction of sp³-hybridized carbons (Fsp3) is 0.514. The van der Waals surface area contributed by atoms with Gasteiger partial charge in [0.2, 0.25) is 0 Å². The number of aryl methyl sites for hydroxylation is 1. The largest absolute Gasteiger partial charge is 0.492 e. The van der Waals surface area contributed by atoms with Gasteiger partial charge in [0.1, 0.15) is 18.0 Å². The SMILES string of the molecule is CC(C)(C)OC(=O)N1CC2(C1)c1[nH]c3c(c1C(=O)NC21CC1)CCc1cnc(-c2ccc(OCCN4CCOCC4)cc2)cc1-3. The van der Waals surface area contributed by atoms with E-state index in [4.69, 9.17) is 19.2 Å². The highest BCUT2D eigenvalue weighted by Crippen LogP contribution is 2.59. The number of rotatable bonds is 5. The van der Waals surface area contributed by atoms with Gasteiger partial charge in [-0.15, -0.1) is 0 Å². The maximum absolute atomic E-state index is 13.6. The topological polar surface area (TPSA) is 109 Å². The summed E-state index contributed by atoms with van der Waals surface area (Å²) in [5.74, 6) is 0.846. The van der Waals surface area contributed by atoms with Crippen molar-refractivity contribution in [1.29, 1.82) is 0 Å². The van der Waals surface area contributed by atoms with Crippen LogP contribution in [0.25, 0.3) is 22.5 Å². The molecule has 2 saturated heterocycles. The summed E-state index contributed by atoms with van der Waals surface area (Å²) in [7, 11) is 0. The summed E-state index contributed by atoms with van der Waals surface area (Å²) in [5, 5.41) is 3.39. The van der Waals surface area contributed by atoms with Crippen molar-refractivity contribution in [2.24, 2.45) is 0 Å². The van der Waals surface area contributed by atoms with Gasteiger partial charge in [0.15, 0.2) is 0 Å². The van der Waals surface area contributed by atoms with Gasteiger partial charge >= 0.3 is 6.09 Å². The van der Waals surface area contributed by atoms with E-state index >= 15 is 0 Å². The van der Waals surface area contributed by atoms with Crippen LogP contribution in [0.15, 0.2) is 36.5 Å². The second-order valence-electron chi connectivity index (χ2n) is 14.2. The maximum atomic E-state index is 13.6. The molecule has 3 aliphatic heterocycles. The van der Waals surface area contributed by atoms with Crippen molar-refractivity contribution < 1.29 is 23.8 Å². The summed E-state index contributed by atoms with van der Waals surface area (Å²) < 4.78 is 17.1. The zero-order valence-corrected chi connectivity index (χ0v) is 26.3. The number of nitrogens with zero attached hydrogens (tertiary/aromatic N) is 3. The Morgan fingerprint density at radius 1 is 1.09 bits per heavy atom. The average Bonchev–Trinajstić information content (AvgIpc) is 3.64. The van der Waals surface area contributed by atoms with Crippen LogP contribution in [0, 0.1) is 0 Å². The summed E-state index contributed by atoms with van der Waals surface area (Å²) in [4.78, 5) is 39.3. The van der Waals surface area contributed by atoms with Crippen LogP contribution in [-0.2, 0) is 27.7 Å². The molecule has 2 aromatic heterocycles. The third kappa shape index (κ3) is 4.80. The highest BCUT2D eigenvalue weighted by Gasteiger charge is 2.70. The first-order valence-electron chi connectivity index (χ1n) is 16.2. The molecule has 2 spiro atoms. The Balaban J connectivity index is 1.05. The standard InChI is InChI=1S/C35H41N5O5/c1-33(2,3)45-32(42)40-20-34(21-40)30-28(31(41)38-35(34)10-11-35)25-9-6-23-19-36-27(18-26(23)29(25)37-30)22-4-7-24(8-5-22)44-17-14-39-12-15-43-16-13-39/h4-5,7-8,18-19,37H,6,9-17,20-21H2,1-3H3,(H,38,41). The molecule has 2 amide bonds. The quantitative estimate of drug-likeness (QED) is 0.443. The molecule has 0 atom stereocenters. The Morgan fingerprint density at radius 3 is 2.56 bits per heavy atom. The number of benzene rings is 1. The molecule has 0 unspecified atom stereocenters. The van der Waals surface area contributed by atoms with Gasteiger partial charge in [-0.1, -0.05) is 0 Å². The van der Waals surface area contributed by atoms with Crippen LogP contribution < -0.4 is 10.1 Å². The van der Waals surface area contributed by atoms with Gasteiger partial charge in [-0.25, -0.2) is 4.79 Å². The Morgan fingerprint density at radius 2 is 1.84 bits per heavy atom. The highest BCUT2D eigenvalue weighted by atomic mass is 16.6. The lowest BCUT2D eigenvalue weighted by Crippen LogP contribution is -2.73. The van der Waals surface area contributed by atoms with E-state index in [9.17, 15) is 9.59 Å². The van der Waals surface area contributed by atoms with E-state index in [-0.39, 0.29) is 23.0 Å². The van der Waals surface area contributed by atoms with Crippen LogP contribution in [-0.4, -0.2) is 95.5 Å².